The Hall–Kier alpha value is -2.74. The van der Waals surface area contributed by atoms with Crippen molar-refractivity contribution in [3.05, 3.63) is 61.0 Å². The Bertz CT molecular complexity index is 1090. The van der Waals surface area contributed by atoms with Gasteiger partial charge in [-0.2, -0.15) is 0 Å². The van der Waals surface area contributed by atoms with Crippen LogP contribution in [0.5, 0.6) is 0 Å². The fourth-order valence-electron chi connectivity index (χ4n) is 3.60. The number of hydrogen-bond donors (Lipinski definition) is 2. The second-order valence-corrected chi connectivity index (χ2v) is 8.24. The van der Waals surface area contributed by atoms with Gasteiger partial charge in [-0.1, -0.05) is 13.0 Å². The van der Waals surface area contributed by atoms with Gasteiger partial charge in [0.25, 0.3) is 11.2 Å². The van der Waals surface area contributed by atoms with Crippen LogP contribution in [0.4, 0.5) is 11.4 Å². The van der Waals surface area contributed by atoms with Crippen LogP contribution < -0.4 is 10.9 Å². The first-order chi connectivity index (χ1) is 12.9. The van der Waals surface area contributed by atoms with Crippen molar-refractivity contribution in [1.82, 2.24) is 9.97 Å². The number of anilines is 1. The normalized spacial score (nSPS) is 17.5. The molecule has 0 aliphatic heterocycles. The van der Waals surface area contributed by atoms with Crippen molar-refractivity contribution in [2.24, 2.45) is 5.92 Å². The number of hydrogen-bond acceptors (Lipinski definition) is 6. The van der Waals surface area contributed by atoms with Crippen molar-refractivity contribution in [1.29, 1.82) is 0 Å². The number of thiophene rings is 1. The van der Waals surface area contributed by atoms with Crippen LogP contribution in [0.1, 0.15) is 42.6 Å². The van der Waals surface area contributed by atoms with Crippen LogP contribution in [0.25, 0.3) is 10.2 Å². The van der Waals surface area contributed by atoms with Crippen molar-refractivity contribution < 1.29 is 4.92 Å². The van der Waals surface area contributed by atoms with Gasteiger partial charge in [0.05, 0.1) is 16.4 Å². The summed E-state index contributed by atoms with van der Waals surface area (Å²) in [7, 11) is 0. The summed E-state index contributed by atoms with van der Waals surface area (Å²) in [5.74, 6) is 1.17. The fourth-order valence-corrected chi connectivity index (χ4v) is 4.99. The molecule has 1 aliphatic carbocycles. The first-order valence-electron chi connectivity index (χ1n) is 8.98. The van der Waals surface area contributed by atoms with Gasteiger partial charge in [-0.25, -0.2) is 4.98 Å². The Labute approximate surface area is 159 Å². The van der Waals surface area contributed by atoms with Gasteiger partial charge >= 0.3 is 0 Å². The standard InChI is InChI=1S/C19H20N4O3S/c1-10-6-7-14-15(8-10)27-19-16(14)18(24)21-17(22-19)11(2)20-12-4-3-5-13(9-12)23(25)26/h3-5,9-11,20H,6-8H2,1-2H3,(H,21,22,24)/t10-,11+/m1/s1. The number of aryl methyl sites for hydroxylation is 1. The summed E-state index contributed by atoms with van der Waals surface area (Å²) in [4.78, 5) is 32.9. The monoisotopic (exact) mass is 384 g/mol. The molecule has 0 saturated carbocycles. The highest BCUT2D eigenvalue weighted by Gasteiger charge is 2.23. The predicted molar refractivity (Wildman–Crippen MR) is 107 cm³/mol. The Morgan fingerprint density at radius 3 is 3.04 bits per heavy atom. The number of nitrogens with zero attached hydrogens (tertiary/aromatic N) is 2. The van der Waals surface area contributed by atoms with E-state index in [4.69, 9.17) is 0 Å². The maximum absolute atomic E-state index is 12.7. The molecule has 2 N–H and O–H groups in total. The summed E-state index contributed by atoms with van der Waals surface area (Å²) in [6, 6.07) is 6.01. The molecular weight excluding hydrogens is 364 g/mol. The van der Waals surface area contributed by atoms with Crippen LogP contribution >= 0.6 is 11.3 Å². The van der Waals surface area contributed by atoms with Crippen molar-refractivity contribution in [2.45, 2.75) is 39.2 Å². The maximum atomic E-state index is 12.7. The lowest BCUT2D eigenvalue weighted by Crippen LogP contribution is -2.18. The third-order valence-corrected chi connectivity index (χ3v) is 6.18. The van der Waals surface area contributed by atoms with Gasteiger partial charge in [-0.3, -0.25) is 14.9 Å². The summed E-state index contributed by atoms with van der Waals surface area (Å²) in [5.41, 5.74) is 1.69. The van der Waals surface area contributed by atoms with Crippen LogP contribution in [0.15, 0.2) is 29.1 Å². The quantitative estimate of drug-likeness (QED) is 0.519. The van der Waals surface area contributed by atoms with Crippen LogP contribution in [-0.4, -0.2) is 14.9 Å². The molecule has 0 saturated heterocycles. The maximum Gasteiger partial charge on any atom is 0.271 e. The van der Waals surface area contributed by atoms with E-state index in [1.807, 2.05) is 6.92 Å². The number of non-ortho nitro benzene ring substituents is 1. The minimum Gasteiger partial charge on any atom is -0.375 e. The zero-order valence-corrected chi connectivity index (χ0v) is 15.9. The van der Waals surface area contributed by atoms with Gasteiger partial charge < -0.3 is 10.3 Å². The molecule has 2 atom stereocenters. The molecule has 2 aromatic heterocycles. The Morgan fingerprint density at radius 2 is 2.26 bits per heavy atom. The van der Waals surface area contributed by atoms with Gasteiger partial charge in [0, 0.05) is 22.7 Å². The number of rotatable bonds is 4. The molecule has 1 aromatic carbocycles. The highest BCUT2D eigenvalue weighted by Crippen LogP contribution is 2.36. The number of aromatic amines is 1. The summed E-state index contributed by atoms with van der Waals surface area (Å²) in [6.45, 7) is 4.11. The Kier molecular flexibility index (Phi) is 4.43. The molecular formula is C19H20N4O3S. The third kappa shape index (κ3) is 3.32. The lowest BCUT2D eigenvalue weighted by atomic mass is 9.89. The number of nitrogens with one attached hydrogen (secondary N) is 2. The molecule has 0 radical (unpaired) electrons. The van der Waals surface area contributed by atoms with Crippen molar-refractivity contribution in [2.75, 3.05) is 5.32 Å². The van der Waals surface area contributed by atoms with Gasteiger partial charge in [0.1, 0.15) is 10.7 Å². The van der Waals surface area contributed by atoms with E-state index in [-0.39, 0.29) is 17.3 Å². The van der Waals surface area contributed by atoms with E-state index >= 15 is 0 Å². The van der Waals surface area contributed by atoms with Crippen molar-refractivity contribution >= 4 is 32.9 Å². The molecule has 0 unspecified atom stereocenters. The van der Waals surface area contributed by atoms with Crippen LogP contribution in [-0.2, 0) is 12.8 Å². The molecule has 27 heavy (non-hydrogen) atoms. The molecule has 8 heteroatoms. The minimum absolute atomic E-state index is 0.0177. The van der Waals surface area contributed by atoms with Crippen molar-refractivity contribution in [3.8, 4) is 0 Å². The second kappa shape index (κ2) is 6.77. The van der Waals surface area contributed by atoms with Crippen LogP contribution in [0, 0.1) is 16.0 Å². The molecule has 0 spiro atoms. The molecule has 0 bridgehead atoms. The topological polar surface area (TPSA) is 101 Å². The average molecular weight is 384 g/mol. The van der Waals surface area contributed by atoms with Gasteiger partial charge in [0.15, 0.2) is 0 Å². The fraction of sp³-hybridized carbons (Fsp3) is 0.368. The molecule has 7 nitrogen and oxygen atoms in total. The van der Waals surface area contributed by atoms with E-state index in [1.165, 1.54) is 17.0 Å². The number of H-pyrrole nitrogens is 1. The lowest BCUT2D eigenvalue weighted by molar-refractivity contribution is -0.384. The minimum atomic E-state index is -0.431. The second-order valence-electron chi connectivity index (χ2n) is 7.16. The summed E-state index contributed by atoms with van der Waals surface area (Å²) in [6.07, 6.45) is 3.04. The Morgan fingerprint density at radius 1 is 1.44 bits per heavy atom. The molecule has 140 valence electrons. The highest BCUT2D eigenvalue weighted by molar-refractivity contribution is 7.18. The Balaban J connectivity index is 1.67. The van der Waals surface area contributed by atoms with E-state index in [1.54, 1.807) is 23.5 Å². The van der Waals surface area contributed by atoms with E-state index < -0.39 is 4.92 Å². The van der Waals surface area contributed by atoms with Crippen LogP contribution in [0.3, 0.4) is 0 Å². The lowest BCUT2D eigenvalue weighted by Gasteiger charge is -2.17. The zero-order valence-electron chi connectivity index (χ0n) is 15.1. The molecule has 1 aliphatic rings. The van der Waals surface area contributed by atoms with Gasteiger partial charge in [0.2, 0.25) is 0 Å². The number of nitro groups is 1. The third-order valence-electron chi connectivity index (χ3n) is 5.03. The van der Waals surface area contributed by atoms with Gasteiger partial charge in [-0.15, -0.1) is 11.3 Å². The zero-order chi connectivity index (χ0) is 19.1. The van der Waals surface area contributed by atoms with E-state index in [0.717, 1.165) is 35.0 Å². The van der Waals surface area contributed by atoms with Crippen molar-refractivity contribution in [3.63, 3.8) is 0 Å². The molecule has 0 fully saturated rings. The summed E-state index contributed by atoms with van der Waals surface area (Å²) < 4.78 is 0. The van der Waals surface area contributed by atoms with E-state index in [2.05, 4.69) is 22.2 Å². The predicted octanol–water partition coefficient (Wildman–Crippen LogP) is 4.19. The van der Waals surface area contributed by atoms with Crippen LogP contribution in [0.2, 0.25) is 0 Å². The molecule has 2 heterocycles. The smallest absolute Gasteiger partial charge is 0.271 e. The summed E-state index contributed by atoms with van der Waals surface area (Å²) in [5, 5.41) is 14.9. The number of benzene rings is 1. The molecule has 3 aromatic rings. The number of nitro benzene ring substituents is 1. The summed E-state index contributed by atoms with van der Waals surface area (Å²) >= 11 is 1.61. The molecule has 4 rings (SSSR count). The SMILES string of the molecule is C[C@@H]1CCc2c(sc3nc([C@H](C)Nc4cccc([N+](=O)[O-])c4)[nH]c(=O)c23)C1. The van der Waals surface area contributed by atoms with E-state index in [9.17, 15) is 14.9 Å². The van der Waals surface area contributed by atoms with E-state index in [0.29, 0.717) is 17.4 Å². The molecule has 0 amide bonds. The van der Waals surface area contributed by atoms with Gasteiger partial charge in [-0.05, 0) is 43.7 Å². The first-order valence-corrected chi connectivity index (χ1v) is 9.79. The largest absolute Gasteiger partial charge is 0.375 e. The first kappa shape index (κ1) is 17.7. The highest BCUT2D eigenvalue weighted by atomic mass is 32.1. The number of fused-ring (bicyclic) bond motifs is 3. The number of aromatic nitrogens is 2. The average Bonchev–Trinajstić information content (AvgIpc) is 2.99.